The number of phenols is 1. The number of nitrogens with zero attached hydrogens (tertiary/aromatic N) is 1. The summed E-state index contributed by atoms with van der Waals surface area (Å²) in [6, 6.07) is 4.24. The molecule has 1 saturated heterocycles. The standard InChI is InChI=1S/C17H24N4O4/c1-10(15(19)23)20-16(24)14-3-2-8-21(14)17(25)13(18)9-11-4-6-12(22)7-5-11/h4-7,10,13-14,22H,2-3,8-9,18H2,1H3,(H2,19,23)(H,20,24)/t10-,13-,14-/m0/s1. The first-order chi connectivity index (χ1) is 11.8. The molecule has 0 spiro atoms. The van der Waals surface area contributed by atoms with Gasteiger partial charge in [0.25, 0.3) is 0 Å². The van der Waals surface area contributed by atoms with Crippen LogP contribution in [-0.2, 0) is 20.8 Å². The number of primary amides is 1. The number of nitrogens with two attached hydrogens (primary N) is 2. The summed E-state index contributed by atoms with van der Waals surface area (Å²) in [6.45, 7) is 1.95. The third kappa shape index (κ3) is 4.69. The highest BCUT2D eigenvalue weighted by atomic mass is 16.3. The molecular weight excluding hydrogens is 324 g/mol. The molecule has 3 amide bonds. The number of carbonyl (C=O) groups is 3. The smallest absolute Gasteiger partial charge is 0.243 e. The number of nitrogens with one attached hydrogen (secondary N) is 1. The number of hydrogen-bond acceptors (Lipinski definition) is 5. The summed E-state index contributed by atoms with van der Waals surface area (Å²) < 4.78 is 0. The number of carbonyl (C=O) groups excluding carboxylic acids is 3. The Bertz CT molecular complexity index is 647. The Balaban J connectivity index is 2.00. The molecule has 136 valence electrons. The highest BCUT2D eigenvalue weighted by Crippen LogP contribution is 2.19. The first kappa shape index (κ1) is 18.7. The molecule has 1 aromatic carbocycles. The molecule has 1 fully saturated rings. The minimum atomic E-state index is -0.796. The van der Waals surface area contributed by atoms with Crippen molar-refractivity contribution in [2.24, 2.45) is 11.5 Å². The molecule has 0 aromatic heterocycles. The van der Waals surface area contributed by atoms with Crippen LogP contribution in [0.1, 0.15) is 25.3 Å². The lowest BCUT2D eigenvalue weighted by Gasteiger charge is -2.27. The SMILES string of the molecule is C[C@H](NC(=O)[C@@H]1CCCN1C(=O)[C@@H](N)Cc1ccc(O)cc1)C(N)=O. The Kier molecular flexibility index (Phi) is 5.97. The van der Waals surface area contributed by atoms with E-state index in [1.165, 1.54) is 24.0 Å². The number of phenolic OH excluding ortho intramolecular Hbond substituents is 1. The lowest BCUT2D eigenvalue weighted by atomic mass is 10.0. The fourth-order valence-electron chi connectivity index (χ4n) is 2.87. The van der Waals surface area contributed by atoms with Crippen molar-refractivity contribution in [3.05, 3.63) is 29.8 Å². The summed E-state index contributed by atoms with van der Waals surface area (Å²) in [5, 5.41) is 11.8. The molecule has 3 atom stereocenters. The Morgan fingerprint density at radius 3 is 2.56 bits per heavy atom. The maximum Gasteiger partial charge on any atom is 0.243 e. The van der Waals surface area contributed by atoms with Gasteiger partial charge in [0.2, 0.25) is 17.7 Å². The third-order valence-electron chi connectivity index (χ3n) is 4.33. The Hall–Kier alpha value is -2.61. The first-order valence-corrected chi connectivity index (χ1v) is 8.23. The fourth-order valence-corrected chi connectivity index (χ4v) is 2.87. The number of amides is 3. The molecule has 8 heteroatoms. The van der Waals surface area contributed by atoms with Crippen LogP contribution in [0.25, 0.3) is 0 Å². The van der Waals surface area contributed by atoms with E-state index in [4.69, 9.17) is 11.5 Å². The van der Waals surface area contributed by atoms with E-state index in [2.05, 4.69) is 5.32 Å². The molecule has 2 rings (SSSR count). The van der Waals surface area contributed by atoms with Crippen LogP contribution < -0.4 is 16.8 Å². The number of hydrogen-bond donors (Lipinski definition) is 4. The number of aromatic hydroxyl groups is 1. The zero-order chi connectivity index (χ0) is 18.6. The van der Waals surface area contributed by atoms with Crippen molar-refractivity contribution in [2.45, 2.75) is 44.3 Å². The van der Waals surface area contributed by atoms with E-state index >= 15 is 0 Å². The lowest BCUT2D eigenvalue weighted by Crippen LogP contribution is -2.54. The fraction of sp³-hybridized carbons (Fsp3) is 0.471. The number of likely N-dealkylation sites (tertiary alicyclic amines) is 1. The lowest BCUT2D eigenvalue weighted by molar-refractivity contribution is -0.140. The van der Waals surface area contributed by atoms with Crippen LogP contribution in [0.4, 0.5) is 0 Å². The van der Waals surface area contributed by atoms with Gasteiger partial charge in [0.05, 0.1) is 6.04 Å². The largest absolute Gasteiger partial charge is 0.508 e. The Labute approximate surface area is 146 Å². The number of rotatable bonds is 6. The van der Waals surface area contributed by atoms with Crippen LogP contribution in [0.2, 0.25) is 0 Å². The predicted molar refractivity (Wildman–Crippen MR) is 91.3 cm³/mol. The minimum absolute atomic E-state index is 0.142. The maximum absolute atomic E-state index is 12.6. The van der Waals surface area contributed by atoms with Gasteiger partial charge in [-0.25, -0.2) is 0 Å². The van der Waals surface area contributed by atoms with Gasteiger partial charge in [-0.05, 0) is 43.9 Å². The zero-order valence-electron chi connectivity index (χ0n) is 14.1. The van der Waals surface area contributed by atoms with Gasteiger partial charge in [-0.15, -0.1) is 0 Å². The van der Waals surface area contributed by atoms with Crippen LogP contribution in [0, 0.1) is 0 Å². The van der Waals surface area contributed by atoms with Crippen molar-refractivity contribution in [3.8, 4) is 5.75 Å². The summed E-state index contributed by atoms with van der Waals surface area (Å²) in [5.74, 6) is -1.19. The van der Waals surface area contributed by atoms with Crippen molar-refractivity contribution in [2.75, 3.05) is 6.54 Å². The second-order valence-corrected chi connectivity index (χ2v) is 6.30. The van der Waals surface area contributed by atoms with Gasteiger partial charge >= 0.3 is 0 Å². The molecule has 1 aromatic rings. The van der Waals surface area contributed by atoms with Crippen molar-refractivity contribution < 1.29 is 19.5 Å². The normalized spacial score (nSPS) is 19.3. The maximum atomic E-state index is 12.6. The topological polar surface area (TPSA) is 139 Å². The molecule has 6 N–H and O–H groups in total. The monoisotopic (exact) mass is 348 g/mol. The van der Waals surface area contributed by atoms with E-state index in [9.17, 15) is 19.5 Å². The van der Waals surface area contributed by atoms with Crippen LogP contribution in [0.3, 0.4) is 0 Å². The van der Waals surface area contributed by atoms with E-state index < -0.39 is 29.9 Å². The van der Waals surface area contributed by atoms with E-state index in [-0.39, 0.29) is 11.7 Å². The summed E-state index contributed by atoms with van der Waals surface area (Å²) >= 11 is 0. The second-order valence-electron chi connectivity index (χ2n) is 6.30. The third-order valence-corrected chi connectivity index (χ3v) is 4.33. The predicted octanol–water partition coefficient (Wildman–Crippen LogP) is -0.757. The van der Waals surface area contributed by atoms with Crippen molar-refractivity contribution >= 4 is 17.7 Å². The van der Waals surface area contributed by atoms with E-state index in [0.717, 1.165) is 5.56 Å². The summed E-state index contributed by atoms with van der Waals surface area (Å²) in [6.07, 6.45) is 1.53. The van der Waals surface area contributed by atoms with Crippen molar-refractivity contribution in [1.82, 2.24) is 10.2 Å². The van der Waals surface area contributed by atoms with E-state index in [0.29, 0.717) is 25.8 Å². The van der Waals surface area contributed by atoms with E-state index in [1.807, 2.05) is 0 Å². The average molecular weight is 348 g/mol. The van der Waals surface area contributed by atoms with Crippen LogP contribution in [-0.4, -0.2) is 52.4 Å². The van der Waals surface area contributed by atoms with Gasteiger partial charge in [0.15, 0.2) is 0 Å². The van der Waals surface area contributed by atoms with Gasteiger partial charge in [0.1, 0.15) is 17.8 Å². The Morgan fingerprint density at radius 2 is 1.96 bits per heavy atom. The van der Waals surface area contributed by atoms with Gasteiger partial charge in [-0.1, -0.05) is 12.1 Å². The van der Waals surface area contributed by atoms with Crippen molar-refractivity contribution in [1.29, 1.82) is 0 Å². The highest BCUT2D eigenvalue weighted by Gasteiger charge is 2.36. The van der Waals surface area contributed by atoms with Gasteiger partial charge in [0, 0.05) is 6.54 Å². The molecule has 0 aliphatic carbocycles. The molecule has 1 aliphatic heterocycles. The van der Waals surface area contributed by atoms with Crippen LogP contribution in [0.5, 0.6) is 5.75 Å². The molecule has 0 bridgehead atoms. The summed E-state index contributed by atoms with van der Waals surface area (Å²) in [5.41, 5.74) is 12.0. The second kappa shape index (κ2) is 7.98. The number of benzene rings is 1. The van der Waals surface area contributed by atoms with Gasteiger partial charge in [-0.2, -0.15) is 0 Å². The molecule has 0 radical (unpaired) electrons. The molecule has 8 nitrogen and oxygen atoms in total. The minimum Gasteiger partial charge on any atom is -0.508 e. The highest BCUT2D eigenvalue weighted by molar-refractivity contribution is 5.93. The quantitative estimate of drug-likeness (QED) is 0.535. The van der Waals surface area contributed by atoms with E-state index in [1.54, 1.807) is 12.1 Å². The Morgan fingerprint density at radius 1 is 1.32 bits per heavy atom. The van der Waals surface area contributed by atoms with Gasteiger partial charge in [-0.3, -0.25) is 14.4 Å². The summed E-state index contributed by atoms with van der Waals surface area (Å²) in [4.78, 5) is 37.5. The zero-order valence-corrected chi connectivity index (χ0v) is 14.1. The molecule has 1 heterocycles. The van der Waals surface area contributed by atoms with Crippen LogP contribution >= 0.6 is 0 Å². The van der Waals surface area contributed by atoms with Crippen LogP contribution in [0.15, 0.2) is 24.3 Å². The molecule has 25 heavy (non-hydrogen) atoms. The molecule has 1 aliphatic rings. The van der Waals surface area contributed by atoms with Crippen molar-refractivity contribution in [3.63, 3.8) is 0 Å². The average Bonchev–Trinajstić information content (AvgIpc) is 3.05. The first-order valence-electron chi connectivity index (χ1n) is 8.23. The summed E-state index contributed by atoms with van der Waals surface area (Å²) in [7, 11) is 0. The molecule has 0 saturated carbocycles. The van der Waals surface area contributed by atoms with Gasteiger partial charge < -0.3 is 26.8 Å². The molecule has 0 unspecified atom stereocenters. The molecular formula is C17H24N4O4.